The summed E-state index contributed by atoms with van der Waals surface area (Å²) < 4.78 is 0. The van der Waals surface area contributed by atoms with E-state index < -0.39 is 5.97 Å². The van der Waals surface area contributed by atoms with Gasteiger partial charge in [-0.15, -0.1) is 0 Å². The summed E-state index contributed by atoms with van der Waals surface area (Å²) in [4.78, 5) is 10.5. The molecule has 1 N–H and O–H groups in total. The Morgan fingerprint density at radius 1 is 1.06 bits per heavy atom. The Morgan fingerprint density at radius 2 is 1.59 bits per heavy atom. The zero-order valence-corrected chi connectivity index (χ0v) is 12.2. The van der Waals surface area contributed by atoms with Crippen molar-refractivity contribution < 1.29 is 9.90 Å². The van der Waals surface area contributed by atoms with Gasteiger partial charge in [-0.3, -0.25) is 4.79 Å². The molecule has 0 saturated carbocycles. The molecule has 0 aromatic carbocycles. The smallest absolute Gasteiger partial charge is 0.304 e. The van der Waals surface area contributed by atoms with Crippen molar-refractivity contribution in [2.75, 3.05) is 5.75 Å². The van der Waals surface area contributed by atoms with Crippen LogP contribution in [0.2, 0.25) is 0 Å². The van der Waals surface area contributed by atoms with E-state index in [4.69, 9.17) is 5.11 Å². The van der Waals surface area contributed by atoms with E-state index in [1.54, 1.807) is 11.8 Å². The van der Waals surface area contributed by atoms with Gasteiger partial charge in [0, 0.05) is 5.25 Å². The molecular formula is C14H28O2S. The molecule has 0 amide bonds. The van der Waals surface area contributed by atoms with Crippen LogP contribution in [-0.2, 0) is 4.79 Å². The Kier molecular flexibility index (Phi) is 12.2. The topological polar surface area (TPSA) is 37.3 Å². The van der Waals surface area contributed by atoms with Gasteiger partial charge in [-0.2, -0.15) is 11.8 Å². The van der Waals surface area contributed by atoms with E-state index in [1.807, 2.05) is 6.92 Å². The Morgan fingerprint density at radius 3 is 2.12 bits per heavy atom. The maximum absolute atomic E-state index is 10.5. The van der Waals surface area contributed by atoms with Crippen LogP contribution in [0.15, 0.2) is 0 Å². The zero-order valence-electron chi connectivity index (χ0n) is 11.4. The monoisotopic (exact) mass is 260 g/mol. The normalized spacial score (nSPS) is 12.6. The van der Waals surface area contributed by atoms with Crippen molar-refractivity contribution in [1.29, 1.82) is 0 Å². The second-order valence-corrected chi connectivity index (χ2v) is 6.30. The van der Waals surface area contributed by atoms with Crippen molar-refractivity contribution >= 4 is 17.7 Å². The van der Waals surface area contributed by atoms with Crippen LogP contribution in [0.1, 0.15) is 71.6 Å². The van der Waals surface area contributed by atoms with Crippen LogP contribution in [0, 0.1) is 0 Å². The highest BCUT2D eigenvalue weighted by atomic mass is 32.2. The van der Waals surface area contributed by atoms with Crippen LogP contribution in [0.25, 0.3) is 0 Å². The zero-order chi connectivity index (χ0) is 12.9. The second kappa shape index (κ2) is 12.3. The van der Waals surface area contributed by atoms with Gasteiger partial charge in [0.2, 0.25) is 0 Å². The maximum Gasteiger partial charge on any atom is 0.304 e. The van der Waals surface area contributed by atoms with Gasteiger partial charge >= 0.3 is 5.97 Å². The van der Waals surface area contributed by atoms with Crippen LogP contribution in [-0.4, -0.2) is 22.1 Å². The SMILES string of the molecule is CCCCCCCCCCSC(C)CC(=O)O. The number of carbonyl (C=O) groups is 1. The lowest BCUT2D eigenvalue weighted by Crippen LogP contribution is -2.06. The molecule has 0 bridgehead atoms. The Bertz CT molecular complexity index is 183. The second-order valence-electron chi connectivity index (χ2n) is 4.75. The Balaban J connectivity index is 3.10. The highest BCUT2D eigenvalue weighted by molar-refractivity contribution is 7.99. The summed E-state index contributed by atoms with van der Waals surface area (Å²) in [7, 11) is 0. The minimum atomic E-state index is -0.680. The van der Waals surface area contributed by atoms with Crippen molar-refractivity contribution in [3.63, 3.8) is 0 Å². The lowest BCUT2D eigenvalue weighted by molar-refractivity contribution is -0.136. The van der Waals surface area contributed by atoms with E-state index in [0.29, 0.717) is 6.42 Å². The lowest BCUT2D eigenvalue weighted by atomic mass is 10.1. The van der Waals surface area contributed by atoms with Gasteiger partial charge in [0.25, 0.3) is 0 Å². The third-order valence-electron chi connectivity index (χ3n) is 2.86. The Labute approximate surface area is 111 Å². The van der Waals surface area contributed by atoms with E-state index in [0.717, 1.165) is 5.75 Å². The largest absolute Gasteiger partial charge is 0.481 e. The van der Waals surface area contributed by atoms with Crippen molar-refractivity contribution in [2.45, 2.75) is 76.9 Å². The van der Waals surface area contributed by atoms with Gasteiger partial charge < -0.3 is 5.11 Å². The van der Waals surface area contributed by atoms with E-state index in [-0.39, 0.29) is 5.25 Å². The minimum Gasteiger partial charge on any atom is -0.481 e. The lowest BCUT2D eigenvalue weighted by Gasteiger charge is -2.07. The van der Waals surface area contributed by atoms with Gasteiger partial charge in [-0.25, -0.2) is 0 Å². The third kappa shape index (κ3) is 13.8. The fourth-order valence-electron chi connectivity index (χ4n) is 1.83. The average Bonchev–Trinajstić information content (AvgIpc) is 2.26. The summed E-state index contributed by atoms with van der Waals surface area (Å²) in [5.41, 5.74) is 0. The summed E-state index contributed by atoms with van der Waals surface area (Å²) in [6, 6.07) is 0. The van der Waals surface area contributed by atoms with Crippen LogP contribution >= 0.6 is 11.8 Å². The predicted octanol–water partition coefficient (Wildman–Crippen LogP) is 4.72. The van der Waals surface area contributed by atoms with E-state index in [2.05, 4.69) is 6.92 Å². The van der Waals surface area contributed by atoms with Gasteiger partial charge in [-0.1, -0.05) is 58.8 Å². The molecule has 0 saturated heterocycles. The standard InChI is InChI=1S/C14H28O2S/c1-3-4-5-6-7-8-9-10-11-17-13(2)12-14(15)16/h13H,3-12H2,1-2H3,(H,15,16). The first-order chi connectivity index (χ1) is 8.16. The van der Waals surface area contributed by atoms with Crippen LogP contribution in [0.4, 0.5) is 0 Å². The average molecular weight is 260 g/mol. The van der Waals surface area contributed by atoms with Crippen molar-refractivity contribution in [3.05, 3.63) is 0 Å². The molecule has 3 heteroatoms. The molecule has 0 rings (SSSR count). The number of carboxylic acid groups (broad SMARTS) is 1. The molecule has 0 aliphatic rings. The maximum atomic E-state index is 10.5. The molecule has 102 valence electrons. The van der Waals surface area contributed by atoms with Gasteiger partial charge in [0.15, 0.2) is 0 Å². The van der Waals surface area contributed by atoms with E-state index in [9.17, 15) is 4.79 Å². The highest BCUT2D eigenvalue weighted by Crippen LogP contribution is 2.17. The van der Waals surface area contributed by atoms with E-state index in [1.165, 1.54) is 51.4 Å². The predicted molar refractivity (Wildman–Crippen MR) is 76.8 cm³/mol. The summed E-state index contributed by atoms with van der Waals surface area (Å²) in [5.74, 6) is 0.435. The summed E-state index contributed by atoms with van der Waals surface area (Å²) in [5, 5.41) is 8.88. The van der Waals surface area contributed by atoms with Gasteiger partial charge in [-0.05, 0) is 12.2 Å². The number of hydrogen-bond acceptors (Lipinski definition) is 2. The highest BCUT2D eigenvalue weighted by Gasteiger charge is 2.06. The summed E-state index contributed by atoms with van der Waals surface area (Å²) in [6.45, 7) is 4.25. The van der Waals surface area contributed by atoms with Gasteiger partial charge in [0.1, 0.15) is 0 Å². The van der Waals surface area contributed by atoms with Crippen LogP contribution in [0.5, 0.6) is 0 Å². The first kappa shape index (κ1) is 16.8. The molecule has 0 aromatic heterocycles. The van der Waals surface area contributed by atoms with Crippen LogP contribution < -0.4 is 0 Å². The first-order valence-electron chi connectivity index (χ1n) is 7.00. The fraction of sp³-hybridized carbons (Fsp3) is 0.929. The summed E-state index contributed by atoms with van der Waals surface area (Å²) in [6.07, 6.45) is 11.0. The molecule has 0 fully saturated rings. The van der Waals surface area contributed by atoms with Crippen molar-refractivity contribution in [3.8, 4) is 0 Å². The van der Waals surface area contributed by atoms with Gasteiger partial charge in [0.05, 0.1) is 6.42 Å². The molecule has 2 nitrogen and oxygen atoms in total. The number of aliphatic carboxylic acids is 1. The molecular weight excluding hydrogens is 232 g/mol. The summed E-state index contributed by atoms with van der Waals surface area (Å²) >= 11 is 1.80. The number of unbranched alkanes of at least 4 members (excludes halogenated alkanes) is 7. The number of carboxylic acids is 1. The molecule has 0 spiro atoms. The van der Waals surface area contributed by atoms with Crippen molar-refractivity contribution in [1.82, 2.24) is 0 Å². The molecule has 0 aliphatic carbocycles. The molecule has 0 aliphatic heterocycles. The quantitative estimate of drug-likeness (QED) is 0.516. The van der Waals surface area contributed by atoms with Crippen LogP contribution in [0.3, 0.4) is 0 Å². The molecule has 0 heterocycles. The van der Waals surface area contributed by atoms with Crippen molar-refractivity contribution in [2.24, 2.45) is 0 Å². The number of hydrogen-bond donors (Lipinski definition) is 1. The molecule has 17 heavy (non-hydrogen) atoms. The minimum absolute atomic E-state index is 0.261. The number of thioether (sulfide) groups is 1. The fourth-order valence-corrected chi connectivity index (χ4v) is 2.86. The van der Waals surface area contributed by atoms with E-state index >= 15 is 0 Å². The number of rotatable bonds is 12. The molecule has 0 radical (unpaired) electrons. The molecule has 1 unspecified atom stereocenters. The molecule has 1 atom stereocenters. The third-order valence-corrected chi connectivity index (χ3v) is 4.12. The Hall–Kier alpha value is -0.180. The molecule has 0 aromatic rings. The first-order valence-corrected chi connectivity index (χ1v) is 8.05.